The van der Waals surface area contributed by atoms with Crippen molar-refractivity contribution in [3.8, 4) is 0 Å². The number of carbonyl (C=O) groups is 2. The lowest BCUT2D eigenvalue weighted by Crippen LogP contribution is -2.48. The molecule has 4 heteroatoms. The number of hydrogen-bond acceptors (Lipinski definition) is 3. The molecule has 1 amide bonds. The molecule has 0 N–H and O–H groups in total. The first-order valence-corrected chi connectivity index (χ1v) is 7.63. The van der Waals surface area contributed by atoms with Crippen molar-refractivity contribution in [2.24, 2.45) is 0 Å². The number of nitrogens with zero attached hydrogens (tertiary/aromatic N) is 1. The summed E-state index contributed by atoms with van der Waals surface area (Å²) in [5, 5.41) is 0. The zero-order valence-electron chi connectivity index (χ0n) is 12.6. The quantitative estimate of drug-likeness (QED) is 0.783. The number of carbonyl (C=O) groups excluding carboxylic acids is 2. The van der Waals surface area contributed by atoms with Crippen LogP contribution in [-0.2, 0) is 20.7 Å². The van der Waals surface area contributed by atoms with Gasteiger partial charge in [0.25, 0.3) is 0 Å². The number of rotatable bonds is 5. The van der Waals surface area contributed by atoms with Gasteiger partial charge in [-0.1, -0.05) is 30.3 Å². The number of methoxy groups -OCH3 is 1. The van der Waals surface area contributed by atoms with E-state index >= 15 is 0 Å². The first-order chi connectivity index (χ1) is 10.2. The fraction of sp³-hybridized carbons (Fsp3) is 0.529. The predicted molar refractivity (Wildman–Crippen MR) is 80.7 cm³/mol. The summed E-state index contributed by atoms with van der Waals surface area (Å²) in [7, 11) is 1.38. The summed E-state index contributed by atoms with van der Waals surface area (Å²) in [6.45, 7) is 0.671. The molecule has 1 aromatic carbocycles. The topological polar surface area (TPSA) is 46.6 Å². The third kappa shape index (κ3) is 4.31. The van der Waals surface area contributed by atoms with E-state index in [1.807, 2.05) is 18.2 Å². The summed E-state index contributed by atoms with van der Waals surface area (Å²) >= 11 is 0. The van der Waals surface area contributed by atoms with Gasteiger partial charge in [0.05, 0.1) is 7.11 Å². The number of piperidine rings is 1. The SMILES string of the molecule is COC(=O)[C@H]1CCCCN1C(=O)CCCc1ccccc1. The highest BCUT2D eigenvalue weighted by atomic mass is 16.5. The molecule has 1 heterocycles. The van der Waals surface area contributed by atoms with Crippen molar-refractivity contribution < 1.29 is 14.3 Å². The van der Waals surface area contributed by atoms with Crippen molar-refractivity contribution in [1.29, 1.82) is 0 Å². The monoisotopic (exact) mass is 289 g/mol. The number of esters is 1. The summed E-state index contributed by atoms with van der Waals surface area (Å²) in [5.41, 5.74) is 1.24. The summed E-state index contributed by atoms with van der Waals surface area (Å²) in [6.07, 6.45) is 4.86. The lowest BCUT2D eigenvalue weighted by molar-refractivity contribution is -0.154. The minimum Gasteiger partial charge on any atom is -0.467 e. The van der Waals surface area contributed by atoms with Crippen LogP contribution in [0.4, 0.5) is 0 Å². The van der Waals surface area contributed by atoms with E-state index in [1.165, 1.54) is 12.7 Å². The second-order valence-corrected chi connectivity index (χ2v) is 5.46. The van der Waals surface area contributed by atoms with Crippen LogP contribution in [0.1, 0.15) is 37.7 Å². The van der Waals surface area contributed by atoms with E-state index in [-0.39, 0.29) is 17.9 Å². The number of aryl methyl sites for hydroxylation is 1. The first-order valence-electron chi connectivity index (χ1n) is 7.63. The summed E-state index contributed by atoms with van der Waals surface area (Å²) in [4.78, 5) is 25.8. The van der Waals surface area contributed by atoms with E-state index in [1.54, 1.807) is 4.90 Å². The smallest absolute Gasteiger partial charge is 0.328 e. The average molecular weight is 289 g/mol. The van der Waals surface area contributed by atoms with E-state index in [4.69, 9.17) is 4.74 Å². The van der Waals surface area contributed by atoms with Crippen LogP contribution in [-0.4, -0.2) is 36.5 Å². The van der Waals surface area contributed by atoms with Gasteiger partial charge in [-0.3, -0.25) is 4.79 Å². The van der Waals surface area contributed by atoms with Crippen molar-refractivity contribution in [2.75, 3.05) is 13.7 Å². The number of benzene rings is 1. The van der Waals surface area contributed by atoms with Gasteiger partial charge in [0.15, 0.2) is 0 Å². The second kappa shape index (κ2) is 7.81. The van der Waals surface area contributed by atoms with Crippen LogP contribution in [0, 0.1) is 0 Å². The molecule has 1 fully saturated rings. The Morgan fingerprint density at radius 2 is 2.00 bits per heavy atom. The molecule has 1 aliphatic heterocycles. The molecule has 1 saturated heterocycles. The molecule has 0 aromatic heterocycles. The third-order valence-corrected chi connectivity index (χ3v) is 4.00. The van der Waals surface area contributed by atoms with Crippen LogP contribution >= 0.6 is 0 Å². The van der Waals surface area contributed by atoms with Gasteiger partial charge in [-0.05, 0) is 37.7 Å². The molecule has 21 heavy (non-hydrogen) atoms. The van der Waals surface area contributed by atoms with Gasteiger partial charge in [0.2, 0.25) is 5.91 Å². The molecule has 0 aliphatic carbocycles. The van der Waals surface area contributed by atoms with Gasteiger partial charge in [0.1, 0.15) is 6.04 Å². The highest BCUT2D eigenvalue weighted by Crippen LogP contribution is 2.19. The van der Waals surface area contributed by atoms with Crippen LogP contribution < -0.4 is 0 Å². The van der Waals surface area contributed by atoms with Gasteiger partial charge in [0, 0.05) is 13.0 Å². The van der Waals surface area contributed by atoms with Gasteiger partial charge >= 0.3 is 5.97 Å². The maximum Gasteiger partial charge on any atom is 0.328 e. The molecule has 0 bridgehead atoms. The normalized spacial score (nSPS) is 18.3. The van der Waals surface area contributed by atoms with Crippen molar-refractivity contribution in [3.63, 3.8) is 0 Å². The molecule has 0 radical (unpaired) electrons. The highest BCUT2D eigenvalue weighted by molar-refractivity contribution is 5.84. The summed E-state index contributed by atoms with van der Waals surface area (Å²) in [6, 6.07) is 9.77. The van der Waals surface area contributed by atoms with Crippen molar-refractivity contribution in [3.05, 3.63) is 35.9 Å². The lowest BCUT2D eigenvalue weighted by atomic mass is 10.0. The number of amides is 1. The van der Waals surface area contributed by atoms with Crippen LogP contribution in [0.25, 0.3) is 0 Å². The van der Waals surface area contributed by atoms with E-state index in [0.29, 0.717) is 13.0 Å². The number of ether oxygens (including phenoxy) is 1. The Morgan fingerprint density at radius 1 is 1.24 bits per heavy atom. The molecule has 114 valence electrons. The lowest BCUT2D eigenvalue weighted by Gasteiger charge is -2.33. The highest BCUT2D eigenvalue weighted by Gasteiger charge is 2.32. The predicted octanol–water partition coefficient (Wildman–Crippen LogP) is 2.56. The molecule has 0 saturated carbocycles. The Bertz CT molecular complexity index is 472. The molecule has 0 unspecified atom stereocenters. The summed E-state index contributed by atoms with van der Waals surface area (Å²) in [5.74, 6) is -0.216. The molecule has 4 nitrogen and oxygen atoms in total. The first kappa shape index (κ1) is 15.5. The minimum absolute atomic E-state index is 0.0704. The Kier molecular flexibility index (Phi) is 5.78. The third-order valence-electron chi connectivity index (χ3n) is 4.00. The Labute approximate surface area is 126 Å². The van der Waals surface area contributed by atoms with Crippen molar-refractivity contribution in [2.45, 2.75) is 44.6 Å². The number of likely N-dealkylation sites (tertiary alicyclic amines) is 1. The van der Waals surface area contributed by atoms with Gasteiger partial charge in [-0.25, -0.2) is 4.79 Å². The molecule has 0 spiro atoms. The Hall–Kier alpha value is -1.84. The zero-order chi connectivity index (χ0) is 15.1. The van der Waals surface area contributed by atoms with Gasteiger partial charge in [-0.2, -0.15) is 0 Å². The standard InChI is InChI=1S/C17H23NO3/c1-21-17(20)15-11-5-6-13-18(15)16(19)12-7-10-14-8-3-2-4-9-14/h2-4,8-9,15H,5-7,10-13H2,1H3/t15-/m1/s1. The van der Waals surface area contributed by atoms with Crippen LogP contribution in [0.5, 0.6) is 0 Å². The van der Waals surface area contributed by atoms with E-state index < -0.39 is 0 Å². The molecule has 1 atom stereocenters. The maximum absolute atomic E-state index is 12.3. The van der Waals surface area contributed by atoms with Crippen molar-refractivity contribution in [1.82, 2.24) is 4.90 Å². The maximum atomic E-state index is 12.3. The van der Waals surface area contributed by atoms with Crippen LogP contribution in [0.15, 0.2) is 30.3 Å². The van der Waals surface area contributed by atoms with E-state index in [0.717, 1.165) is 32.1 Å². The minimum atomic E-state index is -0.382. The number of hydrogen-bond donors (Lipinski definition) is 0. The largest absolute Gasteiger partial charge is 0.467 e. The second-order valence-electron chi connectivity index (χ2n) is 5.46. The van der Waals surface area contributed by atoms with E-state index in [2.05, 4.69) is 12.1 Å². The fourth-order valence-corrected chi connectivity index (χ4v) is 2.84. The molecular formula is C17H23NO3. The fourth-order valence-electron chi connectivity index (χ4n) is 2.84. The summed E-state index contributed by atoms with van der Waals surface area (Å²) < 4.78 is 4.81. The van der Waals surface area contributed by atoms with Gasteiger partial charge in [-0.15, -0.1) is 0 Å². The Balaban J connectivity index is 1.84. The van der Waals surface area contributed by atoms with Crippen LogP contribution in [0.3, 0.4) is 0 Å². The molecule has 1 aliphatic rings. The zero-order valence-corrected chi connectivity index (χ0v) is 12.6. The van der Waals surface area contributed by atoms with Crippen molar-refractivity contribution >= 4 is 11.9 Å². The van der Waals surface area contributed by atoms with E-state index in [9.17, 15) is 9.59 Å². The average Bonchev–Trinajstić information content (AvgIpc) is 2.55. The Morgan fingerprint density at radius 3 is 2.71 bits per heavy atom. The molecular weight excluding hydrogens is 266 g/mol. The molecule has 2 rings (SSSR count). The van der Waals surface area contributed by atoms with Gasteiger partial charge < -0.3 is 9.64 Å². The molecule has 1 aromatic rings. The van der Waals surface area contributed by atoms with Crippen LogP contribution in [0.2, 0.25) is 0 Å².